The monoisotopic (exact) mass is 360 g/mol. The van der Waals surface area contributed by atoms with Crippen LogP contribution in [-0.2, 0) is 16.1 Å². The molecule has 0 N–H and O–H groups in total. The Morgan fingerprint density at radius 3 is 2.42 bits per heavy atom. The van der Waals surface area contributed by atoms with E-state index in [1.54, 1.807) is 9.80 Å². The summed E-state index contributed by atoms with van der Waals surface area (Å²) in [5, 5.41) is 0. The molecule has 1 spiro atoms. The van der Waals surface area contributed by atoms with Crippen LogP contribution in [0, 0.1) is 5.41 Å². The van der Waals surface area contributed by atoms with Crippen LogP contribution in [0.4, 0.5) is 9.59 Å². The summed E-state index contributed by atoms with van der Waals surface area (Å²) in [6, 6.07) is 9.71. The Hall–Kier alpha value is -2.24. The molecule has 0 bridgehead atoms. The predicted octanol–water partition coefficient (Wildman–Crippen LogP) is 3.65. The van der Waals surface area contributed by atoms with Crippen LogP contribution in [-0.4, -0.2) is 53.3 Å². The highest BCUT2D eigenvalue weighted by atomic mass is 16.6. The van der Waals surface area contributed by atoms with Crippen molar-refractivity contribution in [2.75, 3.05) is 19.6 Å². The highest BCUT2D eigenvalue weighted by Gasteiger charge is 2.56. The summed E-state index contributed by atoms with van der Waals surface area (Å²) < 4.78 is 10.9. The van der Waals surface area contributed by atoms with Crippen LogP contribution < -0.4 is 0 Å². The van der Waals surface area contributed by atoms with E-state index in [0.29, 0.717) is 19.6 Å². The van der Waals surface area contributed by atoms with Gasteiger partial charge in [-0.1, -0.05) is 30.3 Å². The molecule has 1 aromatic carbocycles. The second-order valence-corrected chi connectivity index (χ2v) is 8.36. The molecule has 0 aliphatic carbocycles. The van der Waals surface area contributed by atoms with Crippen molar-refractivity contribution in [3.05, 3.63) is 35.9 Å². The number of rotatable bonds is 2. The van der Waals surface area contributed by atoms with Crippen LogP contribution in [0.2, 0.25) is 0 Å². The second-order valence-electron chi connectivity index (χ2n) is 8.36. The summed E-state index contributed by atoms with van der Waals surface area (Å²) in [4.78, 5) is 28.1. The number of nitrogens with zero attached hydrogens (tertiary/aromatic N) is 2. The van der Waals surface area contributed by atoms with Crippen molar-refractivity contribution in [3.8, 4) is 0 Å². The van der Waals surface area contributed by atoms with Gasteiger partial charge in [-0.2, -0.15) is 0 Å². The predicted molar refractivity (Wildman–Crippen MR) is 97.7 cm³/mol. The minimum absolute atomic E-state index is 0.0390. The van der Waals surface area contributed by atoms with E-state index < -0.39 is 5.60 Å². The van der Waals surface area contributed by atoms with Gasteiger partial charge >= 0.3 is 12.2 Å². The standard InChI is InChI=1S/C20H28N2O4/c1-15-20(13-21(14-20)17(23)26-19(2,3)4)10-11-22(15)18(24)25-12-16-8-6-5-7-9-16/h5-9,15H,10-14H2,1-4H3/t15-/m0/s1. The lowest BCUT2D eigenvalue weighted by molar-refractivity contribution is -0.0439. The van der Waals surface area contributed by atoms with E-state index in [-0.39, 0.29) is 30.3 Å². The van der Waals surface area contributed by atoms with Crippen molar-refractivity contribution in [2.24, 2.45) is 5.41 Å². The van der Waals surface area contributed by atoms with E-state index in [1.807, 2.05) is 58.0 Å². The summed E-state index contributed by atoms with van der Waals surface area (Å²) in [5.74, 6) is 0. The topological polar surface area (TPSA) is 59.1 Å². The van der Waals surface area contributed by atoms with E-state index in [1.165, 1.54) is 0 Å². The van der Waals surface area contributed by atoms with Gasteiger partial charge in [-0.3, -0.25) is 0 Å². The fourth-order valence-electron chi connectivity index (χ4n) is 3.72. The minimum Gasteiger partial charge on any atom is -0.445 e. The molecule has 0 radical (unpaired) electrons. The van der Waals surface area contributed by atoms with Gasteiger partial charge in [-0.05, 0) is 39.7 Å². The summed E-state index contributed by atoms with van der Waals surface area (Å²) in [6.07, 6.45) is 0.322. The summed E-state index contributed by atoms with van der Waals surface area (Å²) >= 11 is 0. The van der Waals surface area contributed by atoms with Gasteiger partial charge in [0.25, 0.3) is 0 Å². The molecular formula is C20H28N2O4. The molecule has 0 saturated carbocycles. The van der Waals surface area contributed by atoms with Crippen molar-refractivity contribution in [2.45, 2.75) is 52.4 Å². The minimum atomic E-state index is -0.492. The van der Waals surface area contributed by atoms with Crippen LogP contribution >= 0.6 is 0 Å². The largest absolute Gasteiger partial charge is 0.445 e. The summed E-state index contributed by atoms with van der Waals surface area (Å²) in [7, 11) is 0. The fourth-order valence-corrected chi connectivity index (χ4v) is 3.72. The second kappa shape index (κ2) is 6.82. The molecule has 2 amide bonds. The molecule has 2 saturated heterocycles. The average molecular weight is 360 g/mol. The van der Waals surface area contributed by atoms with E-state index >= 15 is 0 Å². The molecule has 2 heterocycles. The first-order valence-electron chi connectivity index (χ1n) is 9.15. The SMILES string of the molecule is C[C@@H]1N(C(=O)OCc2ccccc2)CCC12CN(C(=O)OC(C)(C)C)C2. The molecule has 1 aromatic rings. The molecule has 1 atom stereocenters. The first kappa shape index (κ1) is 18.5. The Morgan fingerprint density at radius 2 is 1.81 bits per heavy atom. The van der Waals surface area contributed by atoms with Crippen molar-refractivity contribution in [1.82, 2.24) is 9.80 Å². The van der Waals surface area contributed by atoms with E-state index in [0.717, 1.165) is 12.0 Å². The lowest BCUT2D eigenvalue weighted by atomic mass is 9.74. The fraction of sp³-hybridized carbons (Fsp3) is 0.600. The zero-order valence-electron chi connectivity index (χ0n) is 16.0. The number of hydrogen-bond acceptors (Lipinski definition) is 4. The number of likely N-dealkylation sites (tertiary alicyclic amines) is 2. The van der Waals surface area contributed by atoms with Gasteiger partial charge in [0.15, 0.2) is 0 Å². The van der Waals surface area contributed by atoms with Gasteiger partial charge in [0.05, 0.1) is 0 Å². The molecule has 3 rings (SSSR count). The molecule has 2 fully saturated rings. The van der Waals surface area contributed by atoms with Crippen LogP contribution in [0.1, 0.15) is 39.7 Å². The van der Waals surface area contributed by atoms with Crippen LogP contribution in [0.3, 0.4) is 0 Å². The molecular weight excluding hydrogens is 332 g/mol. The van der Waals surface area contributed by atoms with Gasteiger partial charge in [0.1, 0.15) is 12.2 Å². The maximum absolute atomic E-state index is 12.5. The molecule has 26 heavy (non-hydrogen) atoms. The van der Waals surface area contributed by atoms with E-state index in [4.69, 9.17) is 9.47 Å². The first-order valence-corrected chi connectivity index (χ1v) is 9.15. The molecule has 142 valence electrons. The van der Waals surface area contributed by atoms with Gasteiger partial charge in [-0.15, -0.1) is 0 Å². The number of amides is 2. The number of hydrogen-bond donors (Lipinski definition) is 0. The zero-order valence-corrected chi connectivity index (χ0v) is 16.0. The van der Waals surface area contributed by atoms with Gasteiger partial charge in [0, 0.05) is 31.1 Å². The maximum atomic E-state index is 12.5. The quantitative estimate of drug-likeness (QED) is 0.808. The van der Waals surface area contributed by atoms with Crippen LogP contribution in [0.5, 0.6) is 0 Å². The van der Waals surface area contributed by atoms with E-state index in [9.17, 15) is 9.59 Å². The Labute approximate surface area is 155 Å². The summed E-state index contributed by atoms with van der Waals surface area (Å²) in [5.41, 5.74) is 0.444. The highest BCUT2D eigenvalue weighted by molar-refractivity contribution is 5.71. The lowest BCUT2D eigenvalue weighted by Gasteiger charge is -2.50. The van der Waals surface area contributed by atoms with Crippen molar-refractivity contribution >= 4 is 12.2 Å². The normalized spacial score (nSPS) is 21.5. The van der Waals surface area contributed by atoms with E-state index in [2.05, 4.69) is 0 Å². The smallest absolute Gasteiger partial charge is 0.410 e. The third-order valence-electron chi connectivity index (χ3n) is 5.31. The van der Waals surface area contributed by atoms with Gasteiger partial charge < -0.3 is 19.3 Å². The first-order chi connectivity index (χ1) is 12.2. The number of carbonyl (C=O) groups is 2. The van der Waals surface area contributed by atoms with Gasteiger partial charge in [-0.25, -0.2) is 9.59 Å². The average Bonchev–Trinajstić information content (AvgIpc) is 2.88. The molecule has 2 aliphatic rings. The molecule has 0 aromatic heterocycles. The summed E-state index contributed by atoms with van der Waals surface area (Å²) in [6.45, 7) is 9.84. The Bertz CT molecular complexity index is 662. The van der Waals surface area contributed by atoms with Crippen LogP contribution in [0.25, 0.3) is 0 Å². The Kier molecular flexibility index (Phi) is 4.86. The number of carbonyl (C=O) groups excluding carboxylic acids is 2. The molecule has 6 nitrogen and oxygen atoms in total. The van der Waals surface area contributed by atoms with Gasteiger partial charge in [0.2, 0.25) is 0 Å². The molecule has 6 heteroatoms. The number of benzene rings is 1. The third kappa shape index (κ3) is 3.79. The number of ether oxygens (including phenoxy) is 2. The maximum Gasteiger partial charge on any atom is 0.410 e. The molecule has 2 aliphatic heterocycles. The van der Waals surface area contributed by atoms with Crippen LogP contribution in [0.15, 0.2) is 30.3 Å². The zero-order chi connectivity index (χ0) is 18.9. The Morgan fingerprint density at radius 1 is 1.15 bits per heavy atom. The highest BCUT2D eigenvalue weighted by Crippen LogP contribution is 2.45. The lowest BCUT2D eigenvalue weighted by Crippen LogP contribution is -2.63. The Balaban J connectivity index is 1.51. The molecule has 0 unspecified atom stereocenters. The van der Waals surface area contributed by atoms with Crippen molar-refractivity contribution in [3.63, 3.8) is 0 Å². The van der Waals surface area contributed by atoms with Crippen molar-refractivity contribution in [1.29, 1.82) is 0 Å². The van der Waals surface area contributed by atoms with Crippen molar-refractivity contribution < 1.29 is 19.1 Å². The third-order valence-corrected chi connectivity index (χ3v) is 5.31.